The van der Waals surface area contributed by atoms with Crippen molar-refractivity contribution in [2.45, 2.75) is 52.6 Å². The van der Waals surface area contributed by atoms with E-state index in [-0.39, 0.29) is 17.2 Å². The molecule has 0 saturated carbocycles. The number of aromatic nitrogens is 2. The van der Waals surface area contributed by atoms with Crippen molar-refractivity contribution in [1.82, 2.24) is 15.1 Å². The number of nitrogens with one attached hydrogen (secondary N) is 1. The van der Waals surface area contributed by atoms with Crippen molar-refractivity contribution in [3.05, 3.63) is 40.3 Å². The number of hydrogen-bond acceptors (Lipinski definition) is 4. The number of nitrogens with zero attached hydrogens (tertiary/aromatic N) is 2. The summed E-state index contributed by atoms with van der Waals surface area (Å²) in [7, 11) is 0. The third kappa shape index (κ3) is 4.28. The first-order chi connectivity index (χ1) is 12.4. The van der Waals surface area contributed by atoms with Crippen LogP contribution in [0.15, 0.2) is 29.1 Å². The molecule has 1 amide bonds. The van der Waals surface area contributed by atoms with Crippen LogP contribution in [0.25, 0.3) is 10.8 Å². The molecule has 140 valence electrons. The first-order valence-corrected chi connectivity index (χ1v) is 8.90. The first-order valence-electron chi connectivity index (χ1n) is 8.90. The maximum Gasteiger partial charge on any atom is 0.326 e. The van der Waals surface area contributed by atoms with Crippen LogP contribution in [0, 0.1) is 5.92 Å². The van der Waals surface area contributed by atoms with Crippen LogP contribution in [0.4, 0.5) is 0 Å². The summed E-state index contributed by atoms with van der Waals surface area (Å²) in [5.74, 6) is -1.97. The van der Waals surface area contributed by atoms with E-state index < -0.39 is 17.9 Å². The average molecular weight is 359 g/mol. The van der Waals surface area contributed by atoms with E-state index in [1.165, 1.54) is 4.68 Å². The van der Waals surface area contributed by atoms with E-state index in [1.807, 2.05) is 0 Å². The van der Waals surface area contributed by atoms with E-state index in [2.05, 4.69) is 17.3 Å². The van der Waals surface area contributed by atoms with Crippen molar-refractivity contribution in [3.8, 4) is 0 Å². The second-order valence-electron chi connectivity index (χ2n) is 6.66. The number of hydrogen-bond donors (Lipinski definition) is 2. The summed E-state index contributed by atoms with van der Waals surface area (Å²) in [6, 6.07) is 5.74. The fourth-order valence-corrected chi connectivity index (χ4v) is 2.79. The molecule has 0 unspecified atom stereocenters. The van der Waals surface area contributed by atoms with Gasteiger partial charge in [-0.2, -0.15) is 5.10 Å². The summed E-state index contributed by atoms with van der Waals surface area (Å²) < 4.78 is 1.30. The number of benzene rings is 1. The van der Waals surface area contributed by atoms with Gasteiger partial charge in [0.05, 0.1) is 5.39 Å². The van der Waals surface area contributed by atoms with Gasteiger partial charge in [-0.25, -0.2) is 9.48 Å². The maximum atomic E-state index is 12.7. The van der Waals surface area contributed by atoms with Crippen LogP contribution < -0.4 is 10.9 Å². The number of unbranched alkanes of at least 4 members (excludes halogenated alkanes) is 2. The van der Waals surface area contributed by atoms with Gasteiger partial charge in [-0.3, -0.25) is 9.59 Å². The van der Waals surface area contributed by atoms with Crippen molar-refractivity contribution >= 4 is 22.6 Å². The van der Waals surface area contributed by atoms with Gasteiger partial charge in [0.1, 0.15) is 6.04 Å². The number of amides is 1. The molecule has 2 N–H and O–H groups in total. The van der Waals surface area contributed by atoms with E-state index >= 15 is 0 Å². The number of fused-ring (bicyclic) bond motifs is 1. The van der Waals surface area contributed by atoms with Crippen molar-refractivity contribution < 1.29 is 14.7 Å². The van der Waals surface area contributed by atoms with Crippen LogP contribution >= 0.6 is 0 Å². The topological polar surface area (TPSA) is 101 Å². The highest BCUT2D eigenvalue weighted by Crippen LogP contribution is 2.14. The van der Waals surface area contributed by atoms with Crippen molar-refractivity contribution in [1.29, 1.82) is 0 Å². The second kappa shape index (κ2) is 8.60. The van der Waals surface area contributed by atoms with Crippen molar-refractivity contribution in [2.75, 3.05) is 0 Å². The van der Waals surface area contributed by atoms with Gasteiger partial charge in [0, 0.05) is 11.9 Å². The molecular weight excluding hydrogens is 334 g/mol. The van der Waals surface area contributed by atoms with Gasteiger partial charge in [-0.1, -0.05) is 51.8 Å². The molecule has 0 bridgehead atoms. The number of rotatable bonds is 8. The van der Waals surface area contributed by atoms with E-state index in [0.717, 1.165) is 19.3 Å². The van der Waals surface area contributed by atoms with Gasteiger partial charge >= 0.3 is 5.97 Å². The molecule has 0 aliphatic rings. The lowest BCUT2D eigenvalue weighted by Crippen LogP contribution is -2.45. The minimum atomic E-state index is -1.10. The van der Waals surface area contributed by atoms with Gasteiger partial charge in [0.15, 0.2) is 5.69 Å². The first kappa shape index (κ1) is 19.6. The third-order valence-corrected chi connectivity index (χ3v) is 4.28. The van der Waals surface area contributed by atoms with Crippen LogP contribution in [0.5, 0.6) is 0 Å². The predicted octanol–water partition coefficient (Wildman–Crippen LogP) is 2.43. The summed E-state index contributed by atoms with van der Waals surface area (Å²) >= 11 is 0. The Bertz CT molecular complexity index is 857. The standard InChI is InChI=1S/C19H25N3O4/c1-4-5-8-11-22-18(24)14-10-7-6-9-13(14)16(21-22)17(23)20-15(12(2)3)19(25)26/h6-7,9-10,12,15H,4-5,8,11H2,1-3H3,(H,20,23)(H,25,26)/t15-/m1/s1. The number of carboxylic acids is 1. The van der Waals surface area contributed by atoms with Gasteiger partial charge in [-0.05, 0) is 18.4 Å². The Hall–Kier alpha value is -2.70. The van der Waals surface area contributed by atoms with Gasteiger partial charge < -0.3 is 10.4 Å². The monoisotopic (exact) mass is 359 g/mol. The van der Waals surface area contributed by atoms with Crippen LogP contribution in [0.1, 0.15) is 50.5 Å². The number of aryl methyl sites for hydroxylation is 1. The molecule has 0 radical (unpaired) electrons. The molecule has 0 aliphatic heterocycles. The lowest BCUT2D eigenvalue weighted by atomic mass is 10.0. The number of aliphatic carboxylic acids is 1. The van der Waals surface area contributed by atoms with Gasteiger partial charge in [-0.15, -0.1) is 0 Å². The normalized spacial score (nSPS) is 12.3. The Morgan fingerprint density at radius 1 is 1.19 bits per heavy atom. The molecule has 1 atom stereocenters. The van der Waals surface area contributed by atoms with Crippen molar-refractivity contribution in [3.63, 3.8) is 0 Å². The minimum absolute atomic E-state index is 0.0728. The second-order valence-corrected chi connectivity index (χ2v) is 6.66. The SMILES string of the molecule is CCCCCn1nc(C(=O)N[C@@H](C(=O)O)C(C)C)c2ccccc2c1=O. The molecule has 0 saturated heterocycles. The molecule has 7 heteroatoms. The lowest BCUT2D eigenvalue weighted by molar-refractivity contribution is -0.140. The molecule has 0 fully saturated rings. The zero-order valence-electron chi connectivity index (χ0n) is 15.4. The van der Waals surface area contributed by atoms with E-state index in [1.54, 1.807) is 38.1 Å². The molecule has 1 aromatic heterocycles. The Morgan fingerprint density at radius 2 is 1.85 bits per heavy atom. The highest BCUT2D eigenvalue weighted by atomic mass is 16.4. The average Bonchev–Trinajstić information content (AvgIpc) is 2.61. The summed E-state index contributed by atoms with van der Waals surface area (Å²) in [6.45, 7) is 5.92. The molecule has 7 nitrogen and oxygen atoms in total. The number of carboxylic acid groups (broad SMARTS) is 1. The summed E-state index contributed by atoms with van der Waals surface area (Å²) in [4.78, 5) is 36.7. The Kier molecular flexibility index (Phi) is 6.49. The Balaban J connectivity index is 2.47. The van der Waals surface area contributed by atoms with Crippen molar-refractivity contribution in [2.24, 2.45) is 5.92 Å². The molecule has 2 aromatic rings. The maximum absolute atomic E-state index is 12.7. The fraction of sp³-hybridized carbons (Fsp3) is 0.474. The van der Waals surface area contributed by atoms with E-state index in [9.17, 15) is 19.5 Å². The minimum Gasteiger partial charge on any atom is -0.480 e. The molecule has 1 heterocycles. The lowest BCUT2D eigenvalue weighted by Gasteiger charge is -2.18. The van der Waals surface area contributed by atoms with Crippen LogP contribution in [-0.2, 0) is 11.3 Å². The summed E-state index contributed by atoms with van der Waals surface area (Å²) in [5.41, 5.74) is -0.171. The predicted molar refractivity (Wildman–Crippen MR) is 99.3 cm³/mol. The molecule has 0 spiro atoms. The smallest absolute Gasteiger partial charge is 0.326 e. The molecule has 0 aliphatic carbocycles. The molecule has 1 aromatic carbocycles. The summed E-state index contributed by atoms with van der Waals surface area (Å²) in [6.07, 6.45) is 2.74. The van der Waals surface area contributed by atoms with Crippen LogP contribution in [-0.4, -0.2) is 32.8 Å². The third-order valence-electron chi connectivity index (χ3n) is 4.28. The fourth-order valence-electron chi connectivity index (χ4n) is 2.79. The molecular formula is C19H25N3O4. The highest BCUT2D eigenvalue weighted by molar-refractivity contribution is 6.05. The van der Waals surface area contributed by atoms with Crippen LogP contribution in [0.3, 0.4) is 0 Å². The zero-order valence-corrected chi connectivity index (χ0v) is 15.4. The zero-order chi connectivity index (χ0) is 19.3. The summed E-state index contributed by atoms with van der Waals surface area (Å²) in [5, 5.41) is 16.9. The Labute approximate surface area is 152 Å². The number of carbonyl (C=O) groups is 2. The highest BCUT2D eigenvalue weighted by Gasteiger charge is 2.26. The molecule has 2 rings (SSSR count). The van der Waals surface area contributed by atoms with E-state index in [4.69, 9.17) is 0 Å². The van der Waals surface area contributed by atoms with Gasteiger partial charge in [0.25, 0.3) is 11.5 Å². The quantitative estimate of drug-likeness (QED) is 0.705. The van der Waals surface area contributed by atoms with E-state index in [0.29, 0.717) is 17.3 Å². The Morgan fingerprint density at radius 3 is 2.42 bits per heavy atom. The molecule has 26 heavy (non-hydrogen) atoms. The largest absolute Gasteiger partial charge is 0.480 e. The van der Waals surface area contributed by atoms with Crippen LogP contribution in [0.2, 0.25) is 0 Å². The number of carbonyl (C=O) groups excluding carboxylic acids is 1. The van der Waals surface area contributed by atoms with Gasteiger partial charge in [0.2, 0.25) is 0 Å².